The van der Waals surface area contributed by atoms with Gasteiger partial charge in [-0.1, -0.05) is 18.9 Å². The van der Waals surface area contributed by atoms with Gasteiger partial charge < -0.3 is 15.5 Å². The summed E-state index contributed by atoms with van der Waals surface area (Å²) >= 11 is 0. The topological polar surface area (TPSA) is 56.7 Å². The summed E-state index contributed by atoms with van der Waals surface area (Å²) < 4.78 is 0. The first-order valence-corrected chi connectivity index (χ1v) is 7.94. The van der Waals surface area contributed by atoms with Gasteiger partial charge in [0, 0.05) is 31.4 Å². The summed E-state index contributed by atoms with van der Waals surface area (Å²) in [6.45, 7) is 4.38. The molecule has 1 aromatic carbocycles. The number of hydrogen-bond acceptors (Lipinski definition) is 2. The first-order valence-electron chi connectivity index (χ1n) is 7.94. The number of likely N-dealkylation sites (tertiary alicyclic amines) is 1. The lowest BCUT2D eigenvalue weighted by atomic mass is 10.0. The molecule has 1 heterocycles. The van der Waals surface area contributed by atoms with Crippen LogP contribution in [0.5, 0.6) is 0 Å². The second-order valence-electron chi connectivity index (χ2n) is 5.87. The molecule has 5 nitrogen and oxygen atoms in total. The number of aliphatic imine (C=N–C) groups is 1. The summed E-state index contributed by atoms with van der Waals surface area (Å²) in [4.78, 5) is 18.6. The van der Waals surface area contributed by atoms with Gasteiger partial charge in [0.2, 0.25) is 5.91 Å². The van der Waals surface area contributed by atoms with Gasteiger partial charge in [-0.05, 0) is 37.0 Å². The van der Waals surface area contributed by atoms with Crippen LogP contribution in [0.25, 0.3) is 0 Å². The van der Waals surface area contributed by atoms with Crippen LogP contribution in [-0.4, -0.2) is 43.4 Å². The van der Waals surface area contributed by atoms with Gasteiger partial charge in [-0.25, -0.2) is 0 Å². The van der Waals surface area contributed by atoms with E-state index in [9.17, 15) is 4.79 Å². The molecule has 1 aliphatic rings. The predicted molar refractivity (Wildman–Crippen MR) is 94.3 cm³/mol. The largest absolute Gasteiger partial charge is 0.347 e. The molecule has 0 radical (unpaired) electrons. The molecule has 1 saturated heterocycles. The number of guanidine groups is 1. The number of anilines is 1. The third-order valence-corrected chi connectivity index (χ3v) is 3.89. The number of nitrogens with zero attached hydrogens (tertiary/aromatic N) is 2. The van der Waals surface area contributed by atoms with Gasteiger partial charge >= 0.3 is 0 Å². The predicted octanol–water partition coefficient (Wildman–Crippen LogP) is 1.91. The summed E-state index contributed by atoms with van der Waals surface area (Å²) in [6.07, 6.45) is 7.77. The Morgan fingerprint density at radius 2 is 2.35 bits per heavy atom. The van der Waals surface area contributed by atoms with Gasteiger partial charge in [0.1, 0.15) is 0 Å². The van der Waals surface area contributed by atoms with Gasteiger partial charge in [0.15, 0.2) is 5.96 Å². The zero-order valence-corrected chi connectivity index (χ0v) is 13.8. The maximum absolute atomic E-state index is 12.1. The van der Waals surface area contributed by atoms with Crippen LogP contribution in [0, 0.1) is 18.3 Å². The standard InChI is InChI=1S/C18H24N4O/c1-4-15-8-5-9-16(11-15)21-17(23)12-20-18(19-3)22-10-6-7-14(2)13-22/h1,5,8-9,11,14H,6-7,10,12-13H2,2-3H3,(H,19,20)(H,21,23). The maximum atomic E-state index is 12.1. The molecule has 0 aliphatic carbocycles. The third-order valence-electron chi connectivity index (χ3n) is 3.89. The van der Waals surface area contributed by atoms with Crippen LogP contribution >= 0.6 is 0 Å². The summed E-state index contributed by atoms with van der Waals surface area (Å²) in [5.41, 5.74) is 1.45. The minimum Gasteiger partial charge on any atom is -0.347 e. The lowest BCUT2D eigenvalue weighted by molar-refractivity contribution is -0.115. The third kappa shape index (κ3) is 5.03. The minimum atomic E-state index is -0.120. The molecule has 1 unspecified atom stereocenters. The first-order chi connectivity index (χ1) is 11.1. The van der Waals surface area contributed by atoms with Crippen LogP contribution in [0.2, 0.25) is 0 Å². The monoisotopic (exact) mass is 312 g/mol. The van der Waals surface area contributed by atoms with E-state index >= 15 is 0 Å². The normalized spacial score (nSPS) is 18.2. The van der Waals surface area contributed by atoms with Gasteiger partial charge in [0.25, 0.3) is 0 Å². The Hall–Kier alpha value is -2.48. The Morgan fingerprint density at radius 3 is 3.04 bits per heavy atom. The van der Waals surface area contributed by atoms with Crippen molar-refractivity contribution in [3.63, 3.8) is 0 Å². The summed E-state index contributed by atoms with van der Waals surface area (Å²) in [5, 5.41) is 5.97. The van der Waals surface area contributed by atoms with Crippen molar-refractivity contribution in [2.75, 3.05) is 32.0 Å². The highest BCUT2D eigenvalue weighted by molar-refractivity contribution is 5.95. The number of benzene rings is 1. The van der Waals surface area contributed by atoms with Crippen LogP contribution < -0.4 is 10.6 Å². The quantitative estimate of drug-likeness (QED) is 0.509. The van der Waals surface area contributed by atoms with Crippen molar-refractivity contribution in [2.24, 2.45) is 10.9 Å². The fraction of sp³-hybridized carbons (Fsp3) is 0.444. The Morgan fingerprint density at radius 1 is 1.52 bits per heavy atom. The van der Waals surface area contributed by atoms with Crippen LogP contribution in [0.3, 0.4) is 0 Å². The highest BCUT2D eigenvalue weighted by Gasteiger charge is 2.19. The lowest BCUT2D eigenvalue weighted by Crippen LogP contribution is -2.48. The van der Waals surface area contributed by atoms with Crippen molar-refractivity contribution < 1.29 is 4.79 Å². The van der Waals surface area contributed by atoms with Crippen molar-refractivity contribution in [1.82, 2.24) is 10.2 Å². The molecule has 0 spiro atoms. The van der Waals surface area contributed by atoms with E-state index in [-0.39, 0.29) is 12.5 Å². The molecular formula is C18H24N4O. The Bertz CT molecular complexity index is 618. The van der Waals surface area contributed by atoms with E-state index in [0.717, 1.165) is 31.0 Å². The SMILES string of the molecule is C#Cc1cccc(NC(=O)CNC(=NC)N2CCCC(C)C2)c1. The first kappa shape index (κ1) is 16.9. The molecule has 2 rings (SSSR count). The molecule has 0 saturated carbocycles. The van der Waals surface area contributed by atoms with E-state index in [2.05, 4.69) is 33.4 Å². The second kappa shape index (κ2) is 8.23. The van der Waals surface area contributed by atoms with Crippen LogP contribution in [0.1, 0.15) is 25.3 Å². The number of hydrogen-bond donors (Lipinski definition) is 2. The van der Waals surface area contributed by atoms with Crippen molar-refractivity contribution >= 4 is 17.6 Å². The number of nitrogens with one attached hydrogen (secondary N) is 2. The molecule has 1 amide bonds. The smallest absolute Gasteiger partial charge is 0.243 e. The van der Waals surface area contributed by atoms with Crippen LogP contribution in [-0.2, 0) is 4.79 Å². The number of amides is 1. The van der Waals surface area contributed by atoms with Crippen molar-refractivity contribution in [1.29, 1.82) is 0 Å². The highest BCUT2D eigenvalue weighted by atomic mass is 16.1. The molecule has 1 fully saturated rings. The van der Waals surface area contributed by atoms with Crippen LogP contribution in [0.15, 0.2) is 29.3 Å². The maximum Gasteiger partial charge on any atom is 0.243 e. The minimum absolute atomic E-state index is 0.120. The highest BCUT2D eigenvalue weighted by Crippen LogP contribution is 2.15. The van der Waals surface area contributed by atoms with E-state index in [4.69, 9.17) is 6.42 Å². The molecule has 1 aliphatic heterocycles. The van der Waals surface area contributed by atoms with E-state index in [1.54, 1.807) is 13.1 Å². The zero-order chi connectivity index (χ0) is 16.7. The fourth-order valence-corrected chi connectivity index (χ4v) is 2.77. The van der Waals surface area contributed by atoms with Gasteiger partial charge in [-0.2, -0.15) is 0 Å². The molecule has 23 heavy (non-hydrogen) atoms. The van der Waals surface area contributed by atoms with Gasteiger partial charge in [-0.15, -0.1) is 6.42 Å². The number of rotatable bonds is 3. The average Bonchev–Trinajstić information content (AvgIpc) is 2.55. The summed E-state index contributed by atoms with van der Waals surface area (Å²) in [5.74, 6) is 3.87. The number of terminal acetylenes is 1. The zero-order valence-electron chi connectivity index (χ0n) is 13.8. The average molecular weight is 312 g/mol. The molecular weight excluding hydrogens is 288 g/mol. The molecule has 1 aromatic rings. The molecule has 2 N–H and O–H groups in total. The molecule has 1 atom stereocenters. The number of carbonyl (C=O) groups excluding carboxylic acids is 1. The van der Waals surface area contributed by atoms with Crippen molar-refractivity contribution in [2.45, 2.75) is 19.8 Å². The second-order valence-corrected chi connectivity index (χ2v) is 5.87. The van der Waals surface area contributed by atoms with E-state index < -0.39 is 0 Å². The van der Waals surface area contributed by atoms with Crippen LogP contribution in [0.4, 0.5) is 5.69 Å². The lowest BCUT2D eigenvalue weighted by Gasteiger charge is -2.33. The van der Waals surface area contributed by atoms with Crippen molar-refractivity contribution in [3.8, 4) is 12.3 Å². The van der Waals surface area contributed by atoms with E-state index in [0.29, 0.717) is 11.6 Å². The van der Waals surface area contributed by atoms with E-state index in [1.807, 2.05) is 18.2 Å². The molecule has 0 bridgehead atoms. The Balaban J connectivity index is 1.86. The Labute approximate surface area is 138 Å². The summed E-state index contributed by atoms with van der Waals surface area (Å²) in [6, 6.07) is 7.25. The number of carbonyl (C=O) groups is 1. The molecule has 122 valence electrons. The van der Waals surface area contributed by atoms with Gasteiger partial charge in [-0.3, -0.25) is 9.79 Å². The van der Waals surface area contributed by atoms with Gasteiger partial charge in [0.05, 0.1) is 6.54 Å². The van der Waals surface area contributed by atoms with E-state index in [1.165, 1.54) is 6.42 Å². The molecule has 0 aromatic heterocycles. The molecule has 5 heteroatoms. The number of piperidine rings is 1. The fourth-order valence-electron chi connectivity index (χ4n) is 2.77. The van der Waals surface area contributed by atoms with Crippen molar-refractivity contribution in [3.05, 3.63) is 29.8 Å². The summed E-state index contributed by atoms with van der Waals surface area (Å²) in [7, 11) is 1.75. The Kier molecular flexibility index (Phi) is 6.04.